The number of aryl methyl sites for hydroxylation is 1. The van der Waals surface area contributed by atoms with Gasteiger partial charge >= 0.3 is 0 Å². The second-order valence-corrected chi connectivity index (χ2v) is 6.12. The van der Waals surface area contributed by atoms with Crippen LogP contribution in [0.2, 0.25) is 0 Å². The van der Waals surface area contributed by atoms with Crippen molar-refractivity contribution in [3.63, 3.8) is 0 Å². The van der Waals surface area contributed by atoms with Crippen molar-refractivity contribution in [1.82, 2.24) is 4.57 Å². The number of aromatic nitrogens is 1. The molecular weight excluding hydrogens is 316 g/mol. The normalized spacial score (nSPS) is 10.9. The van der Waals surface area contributed by atoms with E-state index in [2.05, 4.69) is 5.32 Å². The van der Waals surface area contributed by atoms with E-state index >= 15 is 0 Å². The molecule has 25 heavy (non-hydrogen) atoms. The van der Waals surface area contributed by atoms with E-state index in [0.29, 0.717) is 17.0 Å². The first-order chi connectivity index (χ1) is 12.0. The molecule has 0 aliphatic rings. The zero-order valence-corrected chi connectivity index (χ0v) is 14.4. The van der Waals surface area contributed by atoms with Gasteiger partial charge in [-0.15, -0.1) is 0 Å². The third kappa shape index (κ3) is 3.40. The van der Waals surface area contributed by atoms with Gasteiger partial charge in [0, 0.05) is 24.1 Å². The van der Waals surface area contributed by atoms with Gasteiger partial charge in [-0.05, 0) is 32.0 Å². The number of carbonyl (C=O) groups is 2. The number of amides is 1. The Balaban J connectivity index is 1.88. The lowest BCUT2D eigenvalue weighted by molar-refractivity contribution is -0.112. The summed E-state index contributed by atoms with van der Waals surface area (Å²) in [5.41, 5.74) is 1.77. The van der Waals surface area contributed by atoms with E-state index in [1.165, 1.54) is 0 Å². The third-order valence-corrected chi connectivity index (χ3v) is 3.85. The first-order valence-corrected chi connectivity index (χ1v) is 8.13. The molecule has 3 rings (SSSR count). The van der Waals surface area contributed by atoms with Crippen LogP contribution in [0.3, 0.4) is 0 Å². The van der Waals surface area contributed by atoms with E-state index in [4.69, 9.17) is 4.74 Å². The molecule has 1 heterocycles. The Morgan fingerprint density at radius 2 is 1.72 bits per heavy atom. The Morgan fingerprint density at radius 1 is 1.04 bits per heavy atom. The minimum atomic E-state index is -0.684. The second kappa shape index (κ2) is 6.81. The molecular formula is C20H20N2O3. The highest BCUT2D eigenvalue weighted by atomic mass is 16.5. The maximum Gasteiger partial charge on any atom is 0.296 e. The Morgan fingerprint density at radius 3 is 2.48 bits per heavy atom. The van der Waals surface area contributed by atoms with Gasteiger partial charge in [-0.1, -0.05) is 30.3 Å². The molecule has 1 N–H and O–H groups in total. The first kappa shape index (κ1) is 16.8. The van der Waals surface area contributed by atoms with Crippen LogP contribution in [0, 0.1) is 0 Å². The van der Waals surface area contributed by atoms with E-state index in [1.807, 2.05) is 55.8 Å². The number of nitrogens with zero attached hydrogens (tertiary/aromatic N) is 1. The van der Waals surface area contributed by atoms with Gasteiger partial charge in [-0.25, -0.2) is 0 Å². The van der Waals surface area contributed by atoms with E-state index in [-0.39, 0.29) is 6.10 Å². The SMILES string of the molecule is CC(C)Oc1ccccc1NC(=O)C(=O)c1cn(C)c2ccccc12. The number of para-hydroxylation sites is 3. The van der Waals surface area contributed by atoms with Crippen molar-refractivity contribution in [3.05, 3.63) is 60.3 Å². The van der Waals surface area contributed by atoms with Crippen molar-refractivity contribution in [3.8, 4) is 5.75 Å². The zero-order valence-electron chi connectivity index (χ0n) is 14.4. The summed E-state index contributed by atoms with van der Waals surface area (Å²) >= 11 is 0. The second-order valence-electron chi connectivity index (χ2n) is 6.12. The third-order valence-electron chi connectivity index (χ3n) is 3.85. The van der Waals surface area contributed by atoms with Crippen LogP contribution in [0.15, 0.2) is 54.7 Å². The number of ketones is 1. The summed E-state index contributed by atoms with van der Waals surface area (Å²) in [5, 5.41) is 3.43. The molecule has 0 spiro atoms. The lowest BCUT2D eigenvalue weighted by Gasteiger charge is -2.14. The van der Waals surface area contributed by atoms with E-state index in [0.717, 1.165) is 10.9 Å². The van der Waals surface area contributed by atoms with Crippen LogP contribution in [0.25, 0.3) is 10.9 Å². The molecule has 0 bridgehead atoms. The van der Waals surface area contributed by atoms with Crippen molar-refractivity contribution in [2.75, 3.05) is 5.32 Å². The van der Waals surface area contributed by atoms with Crippen LogP contribution in [0.1, 0.15) is 24.2 Å². The summed E-state index contributed by atoms with van der Waals surface area (Å²) in [4.78, 5) is 25.1. The molecule has 1 aromatic heterocycles. The predicted molar refractivity (Wildman–Crippen MR) is 98.1 cm³/mol. The van der Waals surface area contributed by atoms with Crippen molar-refractivity contribution in [2.24, 2.45) is 7.05 Å². The summed E-state index contributed by atoms with van der Waals surface area (Å²) in [6.07, 6.45) is 1.65. The minimum Gasteiger partial charge on any atom is -0.489 e. The van der Waals surface area contributed by atoms with Gasteiger partial charge in [0.2, 0.25) is 0 Å². The summed E-state index contributed by atoms with van der Waals surface area (Å²) in [6.45, 7) is 3.81. The summed E-state index contributed by atoms with van der Waals surface area (Å²) in [7, 11) is 1.85. The van der Waals surface area contributed by atoms with Crippen molar-refractivity contribution < 1.29 is 14.3 Å². The topological polar surface area (TPSA) is 60.3 Å². The molecule has 0 unspecified atom stereocenters. The highest BCUT2D eigenvalue weighted by Crippen LogP contribution is 2.26. The van der Waals surface area contributed by atoms with Crippen molar-refractivity contribution >= 4 is 28.3 Å². The average Bonchev–Trinajstić information content (AvgIpc) is 2.93. The molecule has 5 nitrogen and oxygen atoms in total. The fourth-order valence-corrected chi connectivity index (χ4v) is 2.75. The number of ether oxygens (including phenoxy) is 1. The molecule has 0 fully saturated rings. The number of fused-ring (bicyclic) bond motifs is 1. The molecule has 0 saturated carbocycles. The highest BCUT2D eigenvalue weighted by molar-refractivity contribution is 6.48. The molecule has 1 amide bonds. The average molecular weight is 336 g/mol. The first-order valence-electron chi connectivity index (χ1n) is 8.13. The number of nitrogens with one attached hydrogen (secondary N) is 1. The Hall–Kier alpha value is -3.08. The lowest BCUT2D eigenvalue weighted by atomic mass is 10.1. The minimum absolute atomic E-state index is 0.0354. The van der Waals surface area contributed by atoms with E-state index in [1.54, 1.807) is 24.4 Å². The van der Waals surface area contributed by atoms with Gasteiger partial charge in [0.25, 0.3) is 11.7 Å². The van der Waals surface area contributed by atoms with Gasteiger partial charge in [-0.3, -0.25) is 9.59 Å². The molecule has 0 radical (unpaired) electrons. The summed E-state index contributed by atoms with van der Waals surface area (Å²) in [5.74, 6) is -0.719. The predicted octanol–water partition coefficient (Wildman–Crippen LogP) is 3.79. The Kier molecular flexibility index (Phi) is 4.57. The molecule has 3 aromatic rings. The molecule has 0 saturated heterocycles. The van der Waals surface area contributed by atoms with Crippen LogP contribution in [0.4, 0.5) is 5.69 Å². The molecule has 0 aliphatic carbocycles. The maximum atomic E-state index is 12.6. The fraction of sp³-hybridized carbons (Fsp3) is 0.200. The van der Waals surface area contributed by atoms with Crippen molar-refractivity contribution in [1.29, 1.82) is 0 Å². The van der Waals surface area contributed by atoms with Crippen molar-refractivity contribution in [2.45, 2.75) is 20.0 Å². The van der Waals surface area contributed by atoms with Gasteiger partial charge in [-0.2, -0.15) is 0 Å². The Labute approximate surface area is 146 Å². The van der Waals surface area contributed by atoms with Gasteiger partial charge in [0.1, 0.15) is 5.75 Å². The van der Waals surface area contributed by atoms with Crippen LogP contribution < -0.4 is 10.1 Å². The number of hydrogen-bond donors (Lipinski definition) is 1. The molecule has 128 valence electrons. The number of Topliss-reactive ketones (excluding diaryl/α,β-unsaturated/α-hetero) is 1. The van der Waals surface area contributed by atoms with E-state index < -0.39 is 11.7 Å². The van der Waals surface area contributed by atoms with E-state index in [9.17, 15) is 9.59 Å². The lowest BCUT2D eigenvalue weighted by Crippen LogP contribution is -2.23. The molecule has 0 atom stereocenters. The largest absolute Gasteiger partial charge is 0.489 e. The van der Waals surface area contributed by atoms with Gasteiger partial charge in [0.05, 0.1) is 17.4 Å². The van der Waals surface area contributed by atoms with Crippen LogP contribution in [-0.2, 0) is 11.8 Å². The maximum absolute atomic E-state index is 12.6. The van der Waals surface area contributed by atoms with Gasteiger partial charge in [0.15, 0.2) is 0 Å². The number of carbonyl (C=O) groups excluding carboxylic acids is 2. The summed E-state index contributed by atoms with van der Waals surface area (Å²) < 4.78 is 7.51. The summed E-state index contributed by atoms with van der Waals surface area (Å²) in [6, 6.07) is 14.6. The monoisotopic (exact) mass is 336 g/mol. The highest BCUT2D eigenvalue weighted by Gasteiger charge is 2.22. The van der Waals surface area contributed by atoms with Crippen LogP contribution in [-0.4, -0.2) is 22.4 Å². The number of hydrogen-bond acceptors (Lipinski definition) is 3. The number of anilines is 1. The smallest absolute Gasteiger partial charge is 0.296 e. The zero-order chi connectivity index (χ0) is 18.0. The number of benzene rings is 2. The molecule has 5 heteroatoms. The molecule has 0 aliphatic heterocycles. The quantitative estimate of drug-likeness (QED) is 0.570. The van der Waals surface area contributed by atoms with Crippen LogP contribution in [0.5, 0.6) is 5.75 Å². The Bertz CT molecular complexity index is 941. The number of rotatable bonds is 5. The standard InChI is InChI=1S/C20H20N2O3/c1-13(2)25-18-11-7-5-9-16(18)21-20(24)19(23)15-12-22(3)17-10-6-4-8-14(15)17/h4-13H,1-3H3,(H,21,24). The van der Waals surface area contributed by atoms with Crippen LogP contribution >= 0.6 is 0 Å². The molecule has 2 aromatic carbocycles. The fourth-order valence-electron chi connectivity index (χ4n) is 2.75. The van der Waals surface area contributed by atoms with Gasteiger partial charge < -0.3 is 14.6 Å².